The number of thiocarbonyl (C=S) groups is 1. The van der Waals surface area contributed by atoms with Gasteiger partial charge in [-0.1, -0.05) is 59.3 Å². The van der Waals surface area contributed by atoms with Crippen molar-refractivity contribution in [3.63, 3.8) is 0 Å². The second-order valence-corrected chi connectivity index (χ2v) is 7.44. The summed E-state index contributed by atoms with van der Waals surface area (Å²) in [5, 5.41) is 18.6. The highest BCUT2D eigenvalue weighted by Crippen LogP contribution is 2.36. The number of benzene rings is 1. The standard InChI is InChI=1S/C15H11Cl2NO5S2/c16-8-3-1-2-7(12(8)17)6-10-13(21)18(15(24)25-10)9(14(22)23)4-5-11(19)20/h1-3,6,9H,4-5H2,(H,19,20)(H,22,23)/b10-6-. The molecule has 0 bridgehead atoms. The predicted molar refractivity (Wildman–Crippen MR) is 99.8 cm³/mol. The molecule has 1 heterocycles. The fourth-order valence-corrected chi connectivity index (χ4v) is 3.85. The number of aliphatic carboxylic acids is 2. The molecule has 1 aliphatic heterocycles. The largest absolute Gasteiger partial charge is 0.481 e. The van der Waals surface area contributed by atoms with Crippen molar-refractivity contribution >= 4 is 75.4 Å². The minimum atomic E-state index is -1.34. The Morgan fingerprint density at radius 2 is 2.00 bits per heavy atom. The van der Waals surface area contributed by atoms with Crippen LogP contribution >= 0.6 is 47.2 Å². The monoisotopic (exact) mass is 419 g/mol. The van der Waals surface area contributed by atoms with Crippen LogP contribution in [0.25, 0.3) is 6.08 Å². The van der Waals surface area contributed by atoms with E-state index in [2.05, 4.69) is 0 Å². The van der Waals surface area contributed by atoms with Gasteiger partial charge in [-0.05, 0) is 24.1 Å². The maximum Gasteiger partial charge on any atom is 0.326 e. The van der Waals surface area contributed by atoms with Crippen molar-refractivity contribution in [2.45, 2.75) is 18.9 Å². The molecule has 1 fully saturated rings. The van der Waals surface area contributed by atoms with E-state index >= 15 is 0 Å². The summed E-state index contributed by atoms with van der Waals surface area (Å²) in [4.78, 5) is 35.8. The Hall–Kier alpha value is -1.61. The zero-order valence-electron chi connectivity index (χ0n) is 12.4. The lowest BCUT2D eigenvalue weighted by molar-refractivity contribution is -0.146. The average Bonchev–Trinajstić information content (AvgIpc) is 2.79. The highest BCUT2D eigenvalue weighted by Gasteiger charge is 2.40. The molecule has 10 heteroatoms. The molecule has 1 aromatic rings. The topological polar surface area (TPSA) is 94.9 Å². The molecular weight excluding hydrogens is 409 g/mol. The van der Waals surface area contributed by atoms with Gasteiger partial charge in [-0.25, -0.2) is 4.79 Å². The number of nitrogens with zero attached hydrogens (tertiary/aromatic N) is 1. The summed E-state index contributed by atoms with van der Waals surface area (Å²) in [7, 11) is 0. The van der Waals surface area contributed by atoms with Crippen LogP contribution in [0.1, 0.15) is 18.4 Å². The first kappa shape index (κ1) is 19.7. The van der Waals surface area contributed by atoms with E-state index in [4.69, 9.17) is 40.5 Å². The molecular formula is C15H11Cl2NO5S2. The number of hydrogen-bond donors (Lipinski definition) is 2. The highest BCUT2D eigenvalue weighted by atomic mass is 35.5. The van der Waals surface area contributed by atoms with Gasteiger partial charge in [-0.15, -0.1) is 0 Å². The summed E-state index contributed by atoms with van der Waals surface area (Å²) in [6.07, 6.45) is 0.832. The fraction of sp³-hybridized carbons (Fsp3) is 0.200. The Balaban J connectivity index is 2.32. The lowest BCUT2D eigenvalue weighted by Crippen LogP contribution is -2.44. The third-order valence-corrected chi connectivity index (χ3v) is 5.48. The lowest BCUT2D eigenvalue weighted by Gasteiger charge is -2.22. The maximum absolute atomic E-state index is 12.6. The molecule has 1 aromatic carbocycles. The average molecular weight is 420 g/mol. The van der Waals surface area contributed by atoms with Crippen LogP contribution in [-0.4, -0.2) is 43.3 Å². The van der Waals surface area contributed by atoms with E-state index in [0.29, 0.717) is 10.6 Å². The van der Waals surface area contributed by atoms with Gasteiger partial charge in [-0.2, -0.15) is 0 Å². The SMILES string of the molecule is O=C(O)CCC(C(=O)O)N1C(=O)/C(=C/c2cccc(Cl)c2Cl)SC1=S. The molecule has 0 saturated carbocycles. The number of thioether (sulfide) groups is 1. The molecule has 1 amide bonds. The predicted octanol–water partition coefficient (Wildman–Crippen LogP) is 3.51. The number of carboxylic acids is 2. The normalized spacial score (nSPS) is 17.2. The molecule has 0 aromatic heterocycles. The van der Waals surface area contributed by atoms with Crippen LogP contribution in [0.3, 0.4) is 0 Å². The van der Waals surface area contributed by atoms with Gasteiger partial charge in [0.1, 0.15) is 10.4 Å². The molecule has 2 rings (SSSR count). The summed E-state index contributed by atoms with van der Waals surface area (Å²) in [5.74, 6) is -3.08. The van der Waals surface area contributed by atoms with Crippen molar-refractivity contribution in [3.05, 3.63) is 38.7 Å². The van der Waals surface area contributed by atoms with E-state index in [1.807, 2.05) is 0 Å². The van der Waals surface area contributed by atoms with Gasteiger partial charge >= 0.3 is 11.9 Å². The van der Waals surface area contributed by atoms with Crippen LogP contribution in [0.5, 0.6) is 0 Å². The molecule has 0 spiro atoms. The quantitative estimate of drug-likeness (QED) is 0.537. The highest BCUT2D eigenvalue weighted by molar-refractivity contribution is 8.26. The number of carbonyl (C=O) groups is 3. The van der Waals surface area contributed by atoms with Crippen LogP contribution in [0.2, 0.25) is 10.0 Å². The van der Waals surface area contributed by atoms with Gasteiger partial charge in [0.2, 0.25) is 0 Å². The molecule has 1 saturated heterocycles. The number of carboxylic acid groups (broad SMARTS) is 2. The minimum Gasteiger partial charge on any atom is -0.481 e. The Labute approximate surface area is 162 Å². The van der Waals surface area contributed by atoms with E-state index in [-0.39, 0.29) is 20.7 Å². The number of amides is 1. The van der Waals surface area contributed by atoms with Gasteiger partial charge in [0.25, 0.3) is 5.91 Å². The van der Waals surface area contributed by atoms with Gasteiger partial charge in [-0.3, -0.25) is 14.5 Å². The maximum atomic E-state index is 12.6. The van der Waals surface area contributed by atoms with Crippen molar-refractivity contribution in [3.8, 4) is 0 Å². The second kappa shape index (κ2) is 8.18. The number of carbonyl (C=O) groups excluding carboxylic acids is 1. The van der Waals surface area contributed by atoms with Crippen molar-refractivity contribution in [2.24, 2.45) is 0 Å². The molecule has 132 valence electrons. The van der Waals surface area contributed by atoms with Crippen molar-refractivity contribution < 1.29 is 24.6 Å². The molecule has 0 aliphatic carbocycles. The second-order valence-electron chi connectivity index (χ2n) is 4.98. The van der Waals surface area contributed by atoms with Crippen LogP contribution in [0.4, 0.5) is 0 Å². The van der Waals surface area contributed by atoms with Crippen molar-refractivity contribution in [2.75, 3.05) is 0 Å². The van der Waals surface area contributed by atoms with E-state index in [9.17, 15) is 19.5 Å². The molecule has 0 radical (unpaired) electrons. The van der Waals surface area contributed by atoms with Gasteiger partial charge in [0, 0.05) is 6.42 Å². The van der Waals surface area contributed by atoms with E-state index < -0.39 is 30.3 Å². The Morgan fingerprint density at radius 1 is 1.32 bits per heavy atom. The molecule has 25 heavy (non-hydrogen) atoms. The first-order chi connectivity index (χ1) is 11.7. The zero-order valence-corrected chi connectivity index (χ0v) is 15.6. The molecule has 6 nitrogen and oxygen atoms in total. The van der Waals surface area contributed by atoms with Crippen LogP contribution in [-0.2, 0) is 14.4 Å². The zero-order chi connectivity index (χ0) is 18.7. The molecule has 2 N–H and O–H groups in total. The Kier molecular flexibility index (Phi) is 6.45. The molecule has 1 unspecified atom stereocenters. The summed E-state index contributed by atoms with van der Waals surface area (Å²) in [6, 6.07) is 3.57. The van der Waals surface area contributed by atoms with E-state index in [0.717, 1.165) is 16.7 Å². The molecule has 1 atom stereocenters. The third-order valence-electron chi connectivity index (χ3n) is 3.32. The molecule has 1 aliphatic rings. The van der Waals surface area contributed by atoms with Crippen molar-refractivity contribution in [1.82, 2.24) is 4.90 Å². The summed E-state index contributed by atoms with van der Waals surface area (Å²) >= 11 is 18.1. The minimum absolute atomic E-state index is 0.0483. The van der Waals surface area contributed by atoms with Gasteiger partial charge in [0.15, 0.2) is 0 Å². The van der Waals surface area contributed by atoms with Crippen LogP contribution in [0, 0.1) is 0 Å². The first-order valence-corrected chi connectivity index (χ1v) is 8.86. The Bertz CT molecular complexity index is 796. The fourth-order valence-electron chi connectivity index (χ4n) is 2.14. The number of halogens is 2. The van der Waals surface area contributed by atoms with Gasteiger partial charge < -0.3 is 10.2 Å². The Morgan fingerprint density at radius 3 is 2.60 bits per heavy atom. The number of hydrogen-bond acceptors (Lipinski definition) is 5. The summed E-state index contributed by atoms with van der Waals surface area (Å²) < 4.78 is 0.0483. The third kappa shape index (κ3) is 4.52. The van der Waals surface area contributed by atoms with E-state index in [1.54, 1.807) is 18.2 Å². The first-order valence-electron chi connectivity index (χ1n) is 6.88. The summed E-state index contributed by atoms with van der Waals surface area (Å²) in [6.45, 7) is 0. The summed E-state index contributed by atoms with van der Waals surface area (Å²) in [5.41, 5.74) is 0.493. The van der Waals surface area contributed by atoms with Crippen molar-refractivity contribution in [1.29, 1.82) is 0 Å². The van der Waals surface area contributed by atoms with E-state index in [1.165, 1.54) is 6.08 Å². The smallest absolute Gasteiger partial charge is 0.326 e. The van der Waals surface area contributed by atoms with Crippen LogP contribution < -0.4 is 0 Å². The lowest BCUT2D eigenvalue weighted by atomic mass is 10.1. The van der Waals surface area contributed by atoms with Crippen LogP contribution in [0.15, 0.2) is 23.1 Å². The van der Waals surface area contributed by atoms with Gasteiger partial charge in [0.05, 0.1) is 15.0 Å². The number of rotatable bonds is 6.